The zero-order chi connectivity index (χ0) is 34.6. The molecule has 0 aliphatic carbocycles. The molecule has 5 rings (SSSR count). The first-order chi connectivity index (χ1) is 23.0. The zero-order valence-corrected chi connectivity index (χ0v) is 27.2. The van der Waals surface area contributed by atoms with E-state index in [0.29, 0.717) is 41.9 Å². The van der Waals surface area contributed by atoms with Crippen LogP contribution in [-0.2, 0) is 33.1 Å². The fourth-order valence-corrected chi connectivity index (χ4v) is 5.39. The number of nitrogens with zero attached hydrogens (tertiary/aromatic N) is 3. The van der Waals surface area contributed by atoms with E-state index in [1.54, 1.807) is 24.7 Å². The number of hydrogen-bond acceptors (Lipinski definition) is 7. The molecule has 256 valence electrons. The number of carboxylic acids is 1. The number of hydrogen-bond donors (Lipinski definition) is 2. The second-order valence-electron chi connectivity index (χ2n) is 10.8. The zero-order valence-electron chi connectivity index (χ0n) is 25.7. The summed E-state index contributed by atoms with van der Waals surface area (Å²) in [5.41, 5.74) is 8.96. The van der Waals surface area contributed by atoms with Gasteiger partial charge < -0.3 is 29.6 Å². The molecule has 1 fully saturated rings. The highest BCUT2D eigenvalue weighted by atomic mass is 35.5. The van der Waals surface area contributed by atoms with Crippen LogP contribution in [0.5, 0.6) is 5.75 Å². The van der Waals surface area contributed by atoms with Crippen LogP contribution in [0.15, 0.2) is 97.6 Å². The van der Waals surface area contributed by atoms with Crippen molar-refractivity contribution in [1.82, 2.24) is 14.5 Å². The predicted molar refractivity (Wildman–Crippen MR) is 177 cm³/mol. The summed E-state index contributed by atoms with van der Waals surface area (Å²) in [6, 6.07) is 23.8. The number of aliphatic carboxylic acids is 1. The van der Waals surface area contributed by atoms with E-state index in [1.807, 2.05) is 47.2 Å². The van der Waals surface area contributed by atoms with Crippen LogP contribution in [0.4, 0.5) is 13.2 Å². The van der Waals surface area contributed by atoms with Crippen molar-refractivity contribution >= 4 is 35.2 Å². The third-order valence-corrected chi connectivity index (χ3v) is 7.63. The van der Waals surface area contributed by atoms with Crippen molar-refractivity contribution in [2.24, 2.45) is 5.73 Å². The largest absolute Gasteiger partial charge is 0.491 e. The van der Waals surface area contributed by atoms with Gasteiger partial charge in [-0.1, -0.05) is 83.9 Å². The monoisotopic (exact) mass is 706 g/mol. The van der Waals surface area contributed by atoms with Gasteiger partial charge in [0.25, 0.3) is 0 Å². The van der Waals surface area contributed by atoms with Crippen molar-refractivity contribution in [1.29, 1.82) is 0 Å². The SMILES string of the molecule is NCCN(C/C=C/c1ccccc1)Cc1ccc(OC[C@@H]2CO[C@@](Cn3ccnc3)(c3ccc(Cl)cc3Cl)O2)cc1.O=C(O)C(F)(F)F. The highest BCUT2D eigenvalue weighted by Gasteiger charge is 2.45. The summed E-state index contributed by atoms with van der Waals surface area (Å²) in [6.45, 7) is 4.12. The molecule has 3 N–H and O–H groups in total. The molecule has 0 bridgehead atoms. The van der Waals surface area contributed by atoms with Crippen molar-refractivity contribution in [3.63, 3.8) is 0 Å². The normalized spacial score (nSPS) is 17.8. The van der Waals surface area contributed by atoms with Crippen molar-refractivity contribution in [2.75, 3.05) is 32.8 Å². The lowest BCUT2D eigenvalue weighted by molar-refractivity contribution is -0.192. The molecule has 14 heteroatoms. The summed E-state index contributed by atoms with van der Waals surface area (Å²) < 4.78 is 52.5. The molecule has 0 unspecified atom stereocenters. The number of carbonyl (C=O) groups is 1. The summed E-state index contributed by atoms with van der Waals surface area (Å²) in [5, 5.41) is 8.15. The molecule has 1 aliphatic rings. The molecule has 1 saturated heterocycles. The van der Waals surface area contributed by atoms with Crippen molar-refractivity contribution in [2.45, 2.75) is 31.2 Å². The number of rotatable bonds is 13. The maximum atomic E-state index is 10.6. The van der Waals surface area contributed by atoms with Crippen molar-refractivity contribution < 1.29 is 37.3 Å². The maximum absolute atomic E-state index is 10.6. The Morgan fingerprint density at radius 2 is 1.88 bits per heavy atom. The number of nitrogens with two attached hydrogens (primary N) is 1. The van der Waals surface area contributed by atoms with Gasteiger partial charge in [0.15, 0.2) is 0 Å². The average molecular weight is 708 g/mol. The fraction of sp³-hybridized carbons (Fsp3) is 0.294. The van der Waals surface area contributed by atoms with Crippen LogP contribution < -0.4 is 10.5 Å². The van der Waals surface area contributed by atoms with Crippen LogP contribution in [-0.4, -0.2) is 70.7 Å². The predicted octanol–water partition coefficient (Wildman–Crippen LogP) is 6.64. The molecule has 0 spiro atoms. The highest BCUT2D eigenvalue weighted by Crippen LogP contribution is 2.40. The molecular weight excluding hydrogens is 672 g/mol. The van der Waals surface area contributed by atoms with Crippen LogP contribution in [0.3, 0.4) is 0 Å². The Hall–Kier alpha value is -3.91. The van der Waals surface area contributed by atoms with Gasteiger partial charge in [0.05, 0.1) is 24.5 Å². The molecule has 48 heavy (non-hydrogen) atoms. The van der Waals surface area contributed by atoms with Gasteiger partial charge in [-0.05, 0) is 35.4 Å². The Kier molecular flexibility index (Phi) is 13.4. The van der Waals surface area contributed by atoms with E-state index in [9.17, 15) is 13.2 Å². The van der Waals surface area contributed by atoms with E-state index < -0.39 is 17.9 Å². The van der Waals surface area contributed by atoms with Gasteiger partial charge in [0.1, 0.15) is 18.5 Å². The first-order valence-electron chi connectivity index (χ1n) is 14.9. The number of imidazole rings is 1. The van der Waals surface area contributed by atoms with Crippen LogP contribution in [0, 0.1) is 0 Å². The molecular formula is C34H35Cl2F3N4O5. The van der Waals surface area contributed by atoms with E-state index in [1.165, 1.54) is 11.1 Å². The second kappa shape index (κ2) is 17.5. The number of aromatic nitrogens is 2. The topological polar surface area (TPSA) is 112 Å². The third kappa shape index (κ3) is 11.1. The molecule has 4 aromatic rings. The number of alkyl halides is 3. The van der Waals surface area contributed by atoms with Crippen LogP contribution in [0.2, 0.25) is 10.0 Å². The molecule has 3 aromatic carbocycles. The molecule has 2 heterocycles. The Labute approximate surface area is 286 Å². The minimum Gasteiger partial charge on any atom is -0.491 e. The maximum Gasteiger partial charge on any atom is 0.490 e. The first kappa shape index (κ1) is 36.9. The minimum atomic E-state index is -5.08. The van der Waals surface area contributed by atoms with Gasteiger partial charge in [-0.2, -0.15) is 13.2 Å². The highest BCUT2D eigenvalue weighted by molar-refractivity contribution is 6.35. The second-order valence-corrected chi connectivity index (χ2v) is 11.6. The number of ether oxygens (including phenoxy) is 3. The van der Waals surface area contributed by atoms with E-state index >= 15 is 0 Å². The molecule has 1 aromatic heterocycles. The van der Waals surface area contributed by atoms with E-state index in [2.05, 4.69) is 46.3 Å². The summed E-state index contributed by atoms with van der Waals surface area (Å²) in [6.07, 6.45) is 4.24. The van der Waals surface area contributed by atoms with Crippen molar-refractivity contribution in [3.05, 3.63) is 124 Å². The average Bonchev–Trinajstić information content (AvgIpc) is 3.72. The molecule has 0 radical (unpaired) electrons. The summed E-state index contributed by atoms with van der Waals surface area (Å²) in [4.78, 5) is 15.4. The summed E-state index contributed by atoms with van der Waals surface area (Å²) in [5.74, 6) is -3.07. The Morgan fingerprint density at radius 3 is 2.50 bits per heavy atom. The van der Waals surface area contributed by atoms with Gasteiger partial charge in [0.2, 0.25) is 5.79 Å². The van der Waals surface area contributed by atoms with E-state index in [4.69, 9.17) is 53.0 Å². The summed E-state index contributed by atoms with van der Waals surface area (Å²) >= 11 is 12.7. The molecule has 1 aliphatic heterocycles. The Morgan fingerprint density at radius 1 is 1.15 bits per heavy atom. The van der Waals surface area contributed by atoms with Gasteiger partial charge in [0, 0.05) is 49.2 Å². The summed E-state index contributed by atoms with van der Waals surface area (Å²) in [7, 11) is 0. The van der Waals surface area contributed by atoms with Gasteiger partial charge in [-0.15, -0.1) is 0 Å². The lowest BCUT2D eigenvalue weighted by Crippen LogP contribution is -2.34. The van der Waals surface area contributed by atoms with Gasteiger partial charge in [-0.3, -0.25) is 4.90 Å². The first-order valence-corrected chi connectivity index (χ1v) is 15.6. The van der Waals surface area contributed by atoms with E-state index in [-0.39, 0.29) is 6.10 Å². The molecule has 2 atom stereocenters. The third-order valence-electron chi connectivity index (χ3n) is 7.08. The number of carboxylic acid groups (broad SMARTS) is 1. The quantitative estimate of drug-likeness (QED) is 0.159. The van der Waals surface area contributed by atoms with Gasteiger partial charge in [-0.25, -0.2) is 9.78 Å². The smallest absolute Gasteiger partial charge is 0.490 e. The lowest BCUT2D eigenvalue weighted by Gasteiger charge is -2.30. The van der Waals surface area contributed by atoms with Crippen LogP contribution in [0.25, 0.3) is 6.08 Å². The van der Waals surface area contributed by atoms with E-state index in [0.717, 1.165) is 25.4 Å². The van der Waals surface area contributed by atoms with Crippen LogP contribution in [0.1, 0.15) is 16.7 Å². The Balaban J connectivity index is 0.000000671. The number of halogens is 5. The van der Waals surface area contributed by atoms with Crippen LogP contribution >= 0.6 is 23.2 Å². The molecule has 9 nitrogen and oxygen atoms in total. The van der Waals surface area contributed by atoms with Crippen molar-refractivity contribution in [3.8, 4) is 5.75 Å². The standard InChI is InChI=1S/C32H34Cl2N4O3.C2HF3O2/c33-27-10-13-30(31(34)19-27)32(23-38-18-15-36-24-38)40-22-29(41-32)21-39-28-11-8-26(9-12-28)20-37(17-14-35)16-4-7-25-5-2-1-3-6-25;3-2(4,5)1(6)7/h1-13,15,18-19,24,29H,14,16-17,20-23,35H2;(H,6,7)/b7-4+;/t29-,32-;/m1./s1. The van der Waals surface area contributed by atoms with Gasteiger partial charge >= 0.3 is 12.1 Å². The minimum absolute atomic E-state index is 0.290. The Bertz CT molecular complexity index is 1610. The number of benzene rings is 3. The lowest BCUT2D eigenvalue weighted by atomic mass is 10.1. The fourth-order valence-electron chi connectivity index (χ4n) is 4.83. The molecule has 0 amide bonds. The molecule has 0 saturated carbocycles.